The van der Waals surface area contributed by atoms with Gasteiger partial charge in [-0.05, 0) is 32.4 Å². The smallest absolute Gasteiger partial charge is 0.297 e. The van der Waals surface area contributed by atoms with Crippen molar-refractivity contribution in [2.45, 2.75) is 39.7 Å². The van der Waals surface area contributed by atoms with Crippen molar-refractivity contribution in [3.05, 3.63) is 28.6 Å². The average Bonchev–Trinajstić information content (AvgIpc) is 2.47. The lowest BCUT2D eigenvalue weighted by atomic mass is 10.1. The van der Waals surface area contributed by atoms with Crippen LogP contribution in [0.3, 0.4) is 0 Å². The molecule has 0 unspecified atom stereocenters. The Labute approximate surface area is 130 Å². The van der Waals surface area contributed by atoms with Gasteiger partial charge in [-0.15, -0.1) is 0 Å². The molecule has 1 aromatic carbocycles. The second kappa shape index (κ2) is 6.73. The summed E-state index contributed by atoms with van der Waals surface area (Å²) in [5, 5.41) is 10.5. The largest absolute Gasteiger partial charge is 0.508 e. The molecule has 22 heavy (non-hydrogen) atoms. The topological polar surface area (TPSA) is 60.7 Å². The maximum absolute atomic E-state index is 12.8. The van der Waals surface area contributed by atoms with E-state index < -0.39 is 0 Å². The number of methoxy groups -OCH3 is 1. The summed E-state index contributed by atoms with van der Waals surface area (Å²) in [4.78, 5) is 12.8. The Morgan fingerprint density at radius 2 is 2.00 bits per heavy atom. The van der Waals surface area contributed by atoms with E-state index in [9.17, 15) is 9.90 Å². The first-order chi connectivity index (χ1) is 10.5. The van der Waals surface area contributed by atoms with E-state index in [1.54, 1.807) is 22.8 Å². The fraction of sp³-hybridized carbons (Fsp3) is 0.471. The Morgan fingerprint density at radius 1 is 1.27 bits per heavy atom. The predicted molar refractivity (Wildman–Crippen MR) is 87.2 cm³/mol. The fourth-order valence-corrected chi connectivity index (χ4v) is 2.51. The molecule has 0 spiro atoms. The molecule has 0 aliphatic heterocycles. The average molecular weight is 305 g/mol. The van der Waals surface area contributed by atoms with Crippen molar-refractivity contribution >= 4 is 10.9 Å². The van der Waals surface area contributed by atoms with Crippen molar-refractivity contribution in [2.75, 3.05) is 13.7 Å². The molecule has 1 aromatic heterocycles. The summed E-state index contributed by atoms with van der Waals surface area (Å²) in [7, 11) is 1.52. The standard InChI is InChI=1S/C17H23NO4/c1-5-6-9-22-16-15(21-4)13-8-7-12(19)10-14(13)18(11(2)3)17(16)20/h7-8,10-11,19H,5-6,9H2,1-4H3. The minimum atomic E-state index is -0.235. The summed E-state index contributed by atoms with van der Waals surface area (Å²) >= 11 is 0. The number of ether oxygens (including phenoxy) is 2. The van der Waals surface area contributed by atoms with Crippen LogP contribution in [0, 0.1) is 0 Å². The zero-order valence-electron chi connectivity index (χ0n) is 13.5. The quantitative estimate of drug-likeness (QED) is 0.830. The van der Waals surface area contributed by atoms with Gasteiger partial charge in [-0.1, -0.05) is 13.3 Å². The van der Waals surface area contributed by atoms with E-state index in [0.717, 1.165) is 18.2 Å². The number of aromatic nitrogens is 1. The molecule has 5 nitrogen and oxygen atoms in total. The molecule has 0 bridgehead atoms. The van der Waals surface area contributed by atoms with Gasteiger partial charge in [0.2, 0.25) is 5.75 Å². The molecule has 2 aromatic rings. The Morgan fingerprint density at radius 3 is 2.59 bits per heavy atom. The van der Waals surface area contributed by atoms with Gasteiger partial charge in [-0.2, -0.15) is 0 Å². The normalized spacial score (nSPS) is 11.1. The maximum Gasteiger partial charge on any atom is 0.297 e. The third-order valence-corrected chi connectivity index (χ3v) is 3.57. The zero-order valence-corrected chi connectivity index (χ0v) is 13.5. The fourth-order valence-electron chi connectivity index (χ4n) is 2.51. The van der Waals surface area contributed by atoms with Crippen LogP contribution >= 0.6 is 0 Å². The molecule has 0 saturated heterocycles. The van der Waals surface area contributed by atoms with Gasteiger partial charge in [0.1, 0.15) is 5.75 Å². The number of nitrogens with zero attached hydrogens (tertiary/aromatic N) is 1. The number of pyridine rings is 1. The lowest BCUT2D eigenvalue weighted by molar-refractivity contribution is 0.282. The van der Waals surface area contributed by atoms with Crippen molar-refractivity contribution in [1.82, 2.24) is 4.57 Å². The first-order valence-electron chi connectivity index (χ1n) is 7.59. The molecule has 0 fully saturated rings. The highest BCUT2D eigenvalue weighted by molar-refractivity contribution is 5.89. The first kappa shape index (κ1) is 16.2. The van der Waals surface area contributed by atoms with E-state index in [0.29, 0.717) is 17.9 Å². The summed E-state index contributed by atoms with van der Waals surface area (Å²) in [6.07, 6.45) is 1.86. The lowest BCUT2D eigenvalue weighted by Gasteiger charge is -2.19. The molecular formula is C17H23NO4. The number of rotatable bonds is 6. The van der Waals surface area contributed by atoms with E-state index in [-0.39, 0.29) is 23.1 Å². The van der Waals surface area contributed by atoms with Crippen LogP contribution in [-0.2, 0) is 0 Å². The number of phenols is 1. The molecule has 5 heteroatoms. The van der Waals surface area contributed by atoms with Gasteiger partial charge in [-0.25, -0.2) is 0 Å². The number of phenolic OH excluding ortho intramolecular Hbond substituents is 1. The summed E-state index contributed by atoms with van der Waals surface area (Å²) in [5.74, 6) is 0.777. The zero-order chi connectivity index (χ0) is 16.3. The number of hydrogen-bond acceptors (Lipinski definition) is 4. The second-order valence-corrected chi connectivity index (χ2v) is 5.53. The Hall–Kier alpha value is -2.17. The molecule has 2 rings (SSSR count). The summed E-state index contributed by atoms with van der Waals surface area (Å²) in [6.45, 7) is 6.39. The van der Waals surface area contributed by atoms with Gasteiger partial charge in [0.05, 0.1) is 19.2 Å². The Kier molecular flexibility index (Phi) is 4.96. The molecule has 1 N–H and O–H groups in total. The van der Waals surface area contributed by atoms with Crippen molar-refractivity contribution in [3.63, 3.8) is 0 Å². The van der Waals surface area contributed by atoms with Crippen LogP contribution in [0.5, 0.6) is 17.2 Å². The number of aromatic hydroxyl groups is 1. The Bertz CT molecular complexity index is 719. The summed E-state index contributed by atoms with van der Waals surface area (Å²) < 4.78 is 12.8. The molecule has 0 saturated carbocycles. The molecule has 0 radical (unpaired) electrons. The van der Waals surface area contributed by atoms with E-state index in [1.807, 2.05) is 13.8 Å². The molecule has 120 valence electrons. The Balaban J connectivity index is 2.76. The minimum Gasteiger partial charge on any atom is -0.508 e. The van der Waals surface area contributed by atoms with Gasteiger partial charge in [-0.3, -0.25) is 4.79 Å². The number of fused-ring (bicyclic) bond motifs is 1. The van der Waals surface area contributed by atoms with Crippen molar-refractivity contribution in [1.29, 1.82) is 0 Å². The highest BCUT2D eigenvalue weighted by Gasteiger charge is 2.20. The highest BCUT2D eigenvalue weighted by atomic mass is 16.5. The van der Waals surface area contributed by atoms with Crippen LogP contribution in [0.4, 0.5) is 0 Å². The van der Waals surface area contributed by atoms with Crippen LogP contribution < -0.4 is 15.0 Å². The second-order valence-electron chi connectivity index (χ2n) is 5.53. The van der Waals surface area contributed by atoms with E-state index in [4.69, 9.17) is 9.47 Å². The third kappa shape index (κ3) is 2.89. The van der Waals surface area contributed by atoms with Gasteiger partial charge in [0.15, 0.2) is 5.75 Å². The monoisotopic (exact) mass is 305 g/mol. The van der Waals surface area contributed by atoms with E-state index >= 15 is 0 Å². The van der Waals surface area contributed by atoms with Gasteiger partial charge in [0.25, 0.3) is 5.56 Å². The number of hydrogen-bond donors (Lipinski definition) is 1. The lowest BCUT2D eigenvalue weighted by Crippen LogP contribution is -2.25. The van der Waals surface area contributed by atoms with E-state index in [1.165, 1.54) is 7.11 Å². The molecular weight excluding hydrogens is 282 g/mol. The van der Waals surface area contributed by atoms with Crippen molar-refractivity contribution in [3.8, 4) is 17.2 Å². The first-order valence-corrected chi connectivity index (χ1v) is 7.59. The summed E-state index contributed by atoms with van der Waals surface area (Å²) in [6, 6.07) is 4.84. The minimum absolute atomic E-state index is 0.0590. The predicted octanol–water partition coefficient (Wildman–Crippen LogP) is 3.48. The molecule has 0 aliphatic rings. The van der Waals surface area contributed by atoms with Crippen LogP contribution in [0.1, 0.15) is 39.7 Å². The van der Waals surface area contributed by atoms with Crippen molar-refractivity contribution in [2.24, 2.45) is 0 Å². The maximum atomic E-state index is 12.8. The molecule has 1 heterocycles. The number of unbranched alkanes of at least 4 members (excludes halogenated alkanes) is 1. The van der Waals surface area contributed by atoms with Crippen molar-refractivity contribution < 1.29 is 14.6 Å². The molecule has 0 atom stereocenters. The summed E-state index contributed by atoms with van der Waals surface area (Å²) in [5.41, 5.74) is 0.403. The van der Waals surface area contributed by atoms with Gasteiger partial charge < -0.3 is 19.1 Å². The number of benzene rings is 1. The van der Waals surface area contributed by atoms with E-state index in [2.05, 4.69) is 6.92 Å². The van der Waals surface area contributed by atoms with Crippen LogP contribution in [-0.4, -0.2) is 23.4 Å². The van der Waals surface area contributed by atoms with Crippen LogP contribution in [0.2, 0.25) is 0 Å². The van der Waals surface area contributed by atoms with Crippen LogP contribution in [0.25, 0.3) is 10.9 Å². The van der Waals surface area contributed by atoms with Gasteiger partial charge >= 0.3 is 0 Å². The van der Waals surface area contributed by atoms with Crippen LogP contribution in [0.15, 0.2) is 23.0 Å². The highest BCUT2D eigenvalue weighted by Crippen LogP contribution is 2.35. The molecule has 0 aliphatic carbocycles. The SMILES string of the molecule is CCCCOc1c(OC)c2ccc(O)cc2n(C(C)C)c1=O. The van der Waals surface area contributed by atoms with Gasteiger partial charge in [0, 0.05) is 17.5 Å². The molecule has 0 amide bonds. The third-order valence-electron chi connectivity index (χ3n) is 3.57.